The van der Waals surface area contributed by atoms with Crippen LogP contribution in [0.5, 0.6) is 11.5 Å². The van der Waals surface area contributed by atoms with Gasteiger partial charge in [-0.1, -0.05) is 36.4 Å². The van der Waals surface area contributed by atoms with Gasteiger partial charge in [-0.2, -0.15) is 0 Å². The van der Waals surface area contributed by atoms with Crippen LogP contribution in [0.25, 0.3) is 22.5 Å². The van der Waals surface area contributed by atoms with Gasteiger partial charge in [0.1, 0.15) is 17.2 Å². The van der Waals surface area contributed by atoms with E-state index in [1.807, 2.05) is 48.5 Å². The number of carbonyl (C=O) groups is 2. The van der Waals surface area contributed by atoms with E-state index >= 15 is 0 Å². The quantitative estimate of drug-likeness (QED) is 0.236. The van der Waals surface area contributed by atoms with Crippen molar-refractivity contribution in [2.45, 2.75) is 0 Å². The van der Waals surface area contributed by atoms with E-state index in [4.69, 9.17) is 14.5 Å². The molecule has 7 nitrogen and oxygen atoms in total. The molecule has 192 valence electrons. The number of hydrogen-bond acceptors (Lipinski definition) is 6. The molecule has 39 heavy (non-hydrogen) atoms. The first-order chi connectivity index (χ1) is 19.1. The Morgan fingerprint density at radius 3 is 1.54 bits per heavy atom. The van der Waals surface area contributed by atoms with Crippen LogP contribution in [0.2, 0.25) is 0 Å². The summed E-state index contributed by atoms with van der Waals surface area (Å²) in [6.45, 7) is 0. The Kier molecular flexibility index (Phi) is 7.41. The van der Waals surface area contributed by atoms with Crippen LogP contribution in [0.1, 0.15) is 20.7 Å². The van der Waals surface area contributed by atoms with Crippen LogP contribution in [-0.4, -0.2) is 36.0 Å². The highest BCUT2D eigenvalue weighted by Gasteiger charge is 2.30. The Morgan fingerprint density at radius 1 is 0.615 bits per heavy atom. The van der Waals surface area contributed by atoms with Crippen molar-refractivity contribution in [3.05, 3.63) is 127 Å². The van der Waals surface area contributed by atoms with Gasteiger partial charge in [-0.25, -0.2) is 14.9 Å². The van der Waals surface area contributed by atoms with Crippen molar-refractivity contribution in [2.24, 2.45) is 0 Å². The van der Waals surface area contributed by atoms with Crippen molar-refractivity contribution in [3.8, 4) is 34.0 Å². The lowest BCUT2D eigenvalue weighted by Crippen LogP contribution is -2.38. The summed E-state index contributed by atoms with van der Waals surface area (Å²) in [4.78, 5) is 38.4. The summed E-state index contributed by atoms with van der Waals surface area (Å²) < 4.78 is 10.6. The maximum absolute atomic E-state index is 13.9. The van der Waals surface area contributed by atoms with Crippen molar-refractivity contribution in [3.63, 3.8) is 0 Å². The van der Waals surface area contributed by atoms with Gasteiger partial charge in [0, 0.05) is 22.3 Å². The average Bonchev–Trinajstić information content (AvgIpc) is 3.02. The predicted octanol–water partition coefficient (Wildman–Crippen LogP) is 6.32. The second-order valence-electron chi connectivity index (χ2n) is 8.56. The fourth-order valence-corrected chi connectivity index (χ4v) is 4.09. The zero-order valence-electron chi connectivity index (χ0n) is 21.4. The molecule has 5 rings (SSSR count). The van der Waals surface area contributed by atoms with E-state index in [9.17, 15) is 9.59 Å². The molecular formula is C32H25N3O4. The molecular weight excluding hydrogens is 490 g/mol. The van der Waals surface area contributed by atoms with Crippen molar-refractivity contribution in [2.75, 3.05) is 19.1 Å². The fourth-order valence-electron chi connectivity index (χ4n) is 4.09. The Hall–Kier alpha value is -5.30. The van der Waals surface area contributed by atoms with E-state index in [0.717, 1.165) is 10.5 Å². The highest BCUT2D eigenvalue weighted by atomic mass is 16.5. The third-order valence-electron chi connectivity index (χ3n) is 6.16. The van der Waals surface area contributed by atoms with Crippen LogP contribution >= 0.6 is 0 Å². The number of benzene rings is 4. The van der Waals surface area contributed by atoms with Gasteiger partial charge < -0.3 is 9.47 Å². The number of anilines is 1. The first-order valence-electron chi connectivity index (χ1n) is 12.2. The van der Waals surface area contributed by atoms with Gasteiger partial charge in [0.2, 0.25) is 0 Å². The van der Waals surface area contributed by atoms with Crippen molar-refractivity contribution in [1.29, 1.82) is 0 Å². The van der Waals surface area contributed by atoms with E-state index in [1.54, 1.807) is 81.1 Å². The molecule has 1 heterocycles. The molecule has 0 saturated heterocycles. The smallest absolute Gasteiger partial charge is 0.266 e. The van der Waals surface area contributed by atoms with E-state index < -0.39 is 11.8 Å². The van der Waals surface area contributed by atoms with E-state index in [-0.39, 0.29) is 5.82 Å². The molecule has 7 heteroatoms. The van der Waals surface area contributed by atoms with Crippen LogP contribution in [0, 0.1) is 0 Å². The normalized spacial score (nSPS) is 10.5. The SMILES string of the molecule is COc1ccc(-c2cnc(N(C(=O)c3ccccc3)C(=O)c3ccccc3)c(-c3ccc(OC)cc3)n2)cc1. The summed E-state index contributed by atoms with van der Waals surface area (Å²) in [7, 11) is 3.19. The van der Waals surface area contributed by atoms with Crippen molar-refractivity contribution >= 4 is 17.6 Å². The molecule has 0 aliphatic heterocycles. The van der Waals surface area contributed by atoms with E-state index in [2.05, 4.69) is 4.98 Å². The summed E-state index contributed by atoms with van der Waals surface area (Å²) in [5, 5.41) is 0. The van der Waals surface area contributed by atoms with Crippen molar-refractivity contribution < 1.29 is 19.1 Å². The molecule has 0 bridgehead atoms. The summed E-state index contributed by atoms with van der Waals surface area (Å²) in [6.07, 6.45) is 1.56. The third kappa shape index (κ3) is 5.38. The molecule has 0 saturated carbocycles. The first-order valence-corrected chi connectivity index (χ1v) is 12.2. The van der Waals surface area contributed by atoms with E-state index in [1.165, 1.54) is 0 Å². The zero-order valence-corrected chi connectivity index (χ0v) is 21.4. The second kappa shape index (κ2) is 11.4. The number of aromatic nitrogens is 2. The molecule has 5 aromatic rings. The molecule has 0 aliphatic carbocycles. The first kappa shape index (κ1) is 25.4. The summed E-state index contributed by atoms with van der Waals surface area (Å²) in [5.41, 5.74) is 3.12. The number of rotatable bonds is 7. The average molecular weight is 516 g/mol. The van der Waals surface area contributed by atoms with Gasteiger partial charge in [-0.3, -0.25) is 9.59 Å². The molecule has 0 atom stereocenters. The molecule has 0 spiro atoms. The molecule has 0 unspecified atom stereocenters. The van der Waals surface area contributed by atoms with Gasteiger partial charge >= 0.3 is 0 Å². The zero-order chi connectivity index (χ0) is 27.2. The van der Waals surface area contributed by atoms with Crippen LogP contribution in [0.15, 0.2) is 115 Å². The molecule has 0 radical (unpaired) electrons. The second-order valence-corrected chi connectivity index (χ2v) is 8.56. The molecule has 0 fully saturated rings. The number of hydrogen-bond donors (Lipinski definition) is 0. The van der Waals surface area contributed by atoms with Gasteiger partial charge in [0.05, 0.1) is 26.1 Å². The molecule has 2 amide bonds. The maximum atomic E-state index is 13.9. The minimum Gasteiger partial charge on any atom is -0.497 e. The Labute approximate surface area is 226 Å². The maximum Gasteiger partial charge on any atom is 0.266 e. The number of nitrogens with zero attached hydrogens (tertiary/aromatic N) is 3. The standard InChI is InChI=1S/C32H25N3O4/c1-38-26-17-13-22(14-18-26)28-21-33-30(29(34-28)23-15-19-27(39-2)20-16-23)35(31(36)24-9-5-3-6-10-24)32(37)25-11-7-4-8-12-25/h3-21H,1-2H3. The minimum atomic E-state index is -0.509. The highest BCUT2D eigenvalue weighted by Crippen LogP contribution is 2.33. The van der Waals surface area contributed by atoms with Gasteiger partial charge in [-0.05, 0) is 72.8 Å². The number of methoxy groups -OCH3 is 2. The lowest BCUT2D eigenvalue weighted by Gasteiger charge is -2.23. The number of amides is 2. The lowest BCUT2D eigenvalue weighted by molar-refractivity contribution is 0.0896. The topological polar surface area (TPSA) is 81.6 Å². The predicted molar refractivity (Wildman–Crippen MR) is 150 cm³/mol. The van der Waals surface area contributed by atoms with Crippen LogP contribution < -0.4 is 14.4 Å². The third-order valence-corrected chi connectivity index (χ3v) is 6.16. The Bertz CT molecular complexity index is 1540. The summed E-state index contributed by atoms with van der Waals surface area (Å²) in [5.74, 6) is 0.487. The Balaban J connectivity index is 1.70. The summed E-state index contributed by atoms with van der Waals surface area (Å²) >= 11 is 0. The Morgan fingerprint density at radius 2 is 1.08 bits per heavy atom. The number of imide groups is 1. The summed E-state index contributed by atoms with van der Waals surface area (Å²) in [6, 6.07) is 32.0. The van der Waals surface area contributed by atoms with Crippen LogP contribution in [0.3, 0.4) is 0 Å². The van der Waals surface area contributed by atoms with E-state index in [0.29, 0.717) is 39.6 Å². The highest BCUT2D eigenvalue weighted by molar-refractivity contribution is 6.26. The van der Waals surface area contributed by atoms with Gasteiger partial charge in [-0.15, -0.1) is 0 Å². The van der Waals surface area contributed by atoms with Gasteiger partial charge in [0.15, 0.2) is 5.82 Å². The number of ether oxygens (including phenoxy) is 2. The fraction of sp³-hybridized carbons (Fsp3) is 0.0625. The minimum absolute atomic E-state index is 0.125. The van der Waals surface area contributed by atoms with Crippen molar-refractivity contribution in [1.82, 2.24) is 9.97 Å². The largest absolute Gasteiger partial charge is 0.497 e. The van der Waals surface area contributed by atoms with Gasteiger partial charge in [0.25, 0.3) is 11.8 Å². The number of carbonyl (C=O) groups excluding carboxylic acids is 2. The molecule has 0 N–H and O–H groups in total. The van der Waals surface area contributed by atoms with Crippen LogP contribution in [-0.2, 0) is 0 Å². The molecule has 4 aromatic carbocycles. The monoisotopic (exact) mass is 515 g/mol. The van der Waals surface area contributed by atoms with Crippen LogP contribution in [0.4, 0.5) is 5.82 Å². The molecule has 0 aliphatic rings. The lowest BCUT2D eigenvalue weighted by atomic mass is 10.1. The molecule has 1 aromatic heterocycles.